The van der Waals surface area contributed by atoms with Gasteiger partial charge in [-0.3, -0.25) is 0 Å². The maximum atomic E-state index is 10.2. The van der Waals surface area contributed by atoms with E-state index in [1.807, 2.05) is 45.9 Å². The standard InChI is InChI=1S/C18H30O4/c1-5-17(19,6-2)13-21-15-10-9-11-16(12-15)22-14-18(20,7-3)8-4/h9-12,19-20H,5-8,13-14H2,1-4H3. The smallest absolute Gasteiger partial charge is 0.123 e. The normalized spacial score (nSPS) is 12.3. The maximum Gasteiger partial charge on any atom is 0.123 e. The van der Waals surface area contributed by atoms with Gasteiger partial charge < -0.3 is 19.7 Å². The van der Waals surface area contributed by atoms with Gasteiger partial charge in [-0.25, -0.2) is 0 Å². The van der Waals surface area contributed by atoms with E-state index in [1.54, 1.807) is 6.07 Å². The van der Waals surface area contributed by atoms with Gasteiger partial charge in [0.15, 0.2) is 0 Å². The lowest BCUT2D eigenvalue weighted by Gasteiger charge is -2.26. The SMILES string of the molecule is CCC(O)(CC)COc1cccc(OCC(O)(CC)CC)c1. The van der Waals surface area contributed by atoms with Gasteiger partial charge in [0.2, 0.25) is 0 Å². The summed E-state index contributed by atoms with van der Waals surface area (Å²) in [6, 6.07) is 7.31. The Morgan fingerprint density at radius 3 is 1.45 bits per heavy atom. The van der Waals surface area contributed by atoms with E-state index in [-0.39, 0.29) is 13.2 Å². The van der Waals surface area contributed by atoms with Gasteiger partial charge in [0.05, 0.1) is 11.2 Å². The van der Waals surface area contributed by atoms with Crippen LogP contribution in [0.3, 0.4) is 0 Å². The molecule has 0 aliphatic rings. The molecule has 4 nitrogen and oxygen atoms in total. The van der Waals surface area contributed by atoms with Gasteiger partial charge in [-0.2, -0.15) is 0 Å². The van der Waals surface area contributed by atoms with Gasteiger partial charge in [-0.05, 0) is 37.8 Å². The molecule has 0 aliphatic carbocycles. The molecule has 0 unspecified atom stereocenters. The summed E-state index contributed by atoms with van der Waals surface area (Å²) in [5.74, 6) is 1.32. The molecule has 4 heteroatoms. The molecular formula is C18H30O4. The second-order valence-electron chi connectivity index (χ2n) is 5.92. The zero-order valence-corrected chi connectivity index (χ0v) is 14.3. The molecule has 126 valence electrons. The number of ether oxygens (including phenoxy) is 2. The molecule has 1 rings (SSSR count). The summed E-state index contributed by atoms with van der Waals surface area (Å²) >= 11 is 0. The summed E-state index contributed by atoms with van der Waals surface area (Å²) in [4.78, 5) is 0. The van der Waals surface area contributed by atoms with Crippen LogP contribution in [0.2, 0.25) is 0 Å². The zero-order valence-electron chi connectivity index (χ0n) is 14.3. The van der Waals surface area contributed by atoms with Crippen LogP contribution in [0.5, 0.6) is 11.5 Å². The molecule has 1 aromatic carbocycles. The molecule has 0 radical (unpaired) electrons. The molecule has 1 aromatic rings. The summed E-state index contributed by atoms with van der Waals surface area (Å²) in [6.45, 7) is 8.31. The van der Waals surface area contributed by atoms with Crippen molar-refractivity contribution in [2.24, 2.45) is 0 Å². The van der Waals surface area contributed by atoms with Crippen molar-refractivity contribution in [3.8, 4) is 11.5 Å². The second kappa shape index (κ2) is 8.39. The Morgan fingerprint density at radius 2 is 1.14 bits per heavy atom. The first-order chi connectivity index (χ1) is 10.4. The third-order valence-electron chi connectivity index (χ3n) is 4.45. The predicted octanol–water partition coefficient (Wildman–Crippen LogP) is 3.55. The molecule has 0 saturated carbocycles. The molecule has 0 aromatic heterocycles. The van der Waals surface area contributed by atoms with Crippen LogP contribution < -0.4 is 9.47 Å². The van der Waals surface area contributed by atoms with Crippen molar-refractivity contribution < 1.29 is 19.7 Å². The Balaban J connectivity index is 2.63. The van der Waals surface area contributed by atoms with Gasteiger partial charge in [0, 0.05) is 6.07 Å². The van der Waals surface area contributed by atoms with E-state index in [9.17, 15) is 10.2 Å². The number of hydrogen-bond donors (Lipinski definition) is 2. The number of hydrogen-bond acceptors (Lipinski definition) is 4. The summed E-state index contributed by atoms with van der Waals surface area (Å²) in [5.41, 5.74) is -1.58. The van der Waals surface area contributed by atoms with E-state index in [0.717, 1.165) is 0 Å². The van der Waals surface area contributed by atoms with Gasteiger partial charge in [0.1, 0.15) is 24.7 Å². The van der Waals surface area contributed by atoms with Crippen molar-refractivity contribution in [3.05, 3.63) is 24.3 Å². The Bertz CT molecular complexity index is 399. The average molecular weight is 310 g/mol. The average Bonchev–Trinajstić information content (AvgIpc) is 2.58. The van der Waals surface area contributed by atoms with Gasteiger partial charge in [-0.1, -0.05) is 33.8 Å². The van der Waals surface area contributed by atoms with Crippen LogP contribution in [0.4, 0.5) is 0 Å². The first-order valence-electron chi connectivity index (χ1n) is 8.20. The Hall–Kier alpha value is -1.26. The fourth-order valence-corrected chi connectivity index (χ4v) is 2.00. The first kappa shape index (κ1) is 18.8. The lowest BCUT2D eigenvalue weighted by atomic mass is 9.99. The van der Waals surface area contributed by atoms with E-state index in [0.29, 0.717) is 37.2 Å². The molecule has 0 amide bonds. The summed E-state index contributed by atoms with van der Waals surface area (Å²) < 4.78 is 11.4. The van der Waals surface area contributed by atoms with Crippen molar-refractivity contribution in [1.82, 2.24) is 0 Å². The minimum Gasteiger partial charge on any atom is -0.490 e. The molecule has 0 fully saturated rings. The third kappa shape index (κ3) is 5.50. The highest BCUT2D eigenvalue weighted by Gasteiger charge is 2.24. The van der Waals surface area contributed by atoms with Crippen LogP contribution in [-0.4, -0.2) is 34.6 Å². The first-order valence-corrected chi connectivity index (χ1v) is 8.20. The molecule has 0 aliphatic heterocycles. The Kier molecular flexibility index (Phi) is 7.17. The molecule has 2 N–H and O–H groups in total. The largest absolute Gasteiger partial charge is 0.490 e. The number of rotatable bonds is 10. The van der Waals surface area contributed by atoms with Crippen LogP contribution in [0, 0.1) is 0 Å². The minimum atomic E-state index is -0.790. The highest BCUT2D eigenvalue weighted by atomic mass is 16.5. The number of benzene rings is 1. The van der Waals surface area contributed by atoms with Gasteiger partial charge in [-0.15, -0.1) is 0 Å². The molecule has 0 atom stereocenters. The maximum absolute atomic E-state index is 10.2. The van der Waals surface area contributed by atoms with Crippen molar-refractivity contribution in [1.29, 1.82) is 0 Å². The van der Waals surface area contributed by atoms with E-state index in [2.05, 4.69) is 0 Å². The predicted molar refractivity (Wildman–Crippen MR) is 88.5 cm³/mol. The van der Waals surface area contributed by atoms with Crippen molar-refractivity contribution >= 4 is 0 Å². The lowest BCUT2D eigenvalue weighted by Crippen LogP contribution is -2.34. The van der Waals surface area contributed by atoms with Crippen LogP contribution in [0.15, 0.2) is 24.3 Å². The minimum absolute atomic E-state index is 0.261. The number of aliphatic hydroxyl groups is 2. The molecule has 0 saturated heterocycles. The van der Waals surface area contributed by atoms with Crippen LogP contribution >= 0.6 is 0 Å². The molecule has 0 bridgehead atoms. The van der Waals surface area contributed by atoms with Gasteiger partial charge in [0.25, 0.3) is 0 Å². The molecular weight excluding hydrogens is 280 g/mol. The van der Waals surface area contributed by atoms with E-state index >= 15 is 0 Å². The van der Waals surface area contributed by atoms with E-state index < -0.39 is 11.2 Å². The van der Waals surface area contributed by atoms with E-state index in [1.165, 1.54) is 0 Å². The van der Waals surface area contributed by atoms with Crippen LogP contribution in [0.25, 0.3) is 0 Å². The summed E-state index contributed by atoms with van der Waals surface area (Å²) in [7, 11) is 0. The van der Waals surface area contributed by atoms with E-state index in [4.69, 9.17) is 9.47 Å². The van der Waals surface area contributed by atoms with Gasteiger partial charge >= 0.3 is 0 Å². The highest BCUT2D eigenvalue weighted by molar-refractivity contribution is 5.33. The van der Waals surface area contributed by atoms with Crippen LogP contribution in [-0.2, 0) is 0 Å². The van der Waals surface area contributed by atoms with Crippen molar-refractivity contribution in [2.75, 3.05) is 13.2 Å². The monoisotopic (exact) mass is 310 g/mol. The molecule has 22 heavy (non-hydrogen) atoms. The highest BCUT2D eigenvalue weighted by Crippen LogP contribution is 2.24. The Labute approximate surface area is 134 Å². The quantitative estimate of drug-likeness (QED) is 0.694. The second-order valence-corrected chi connectivity index (χ2v) is 5.92. The van der Waals surface area contributed by atoms with Crippen LogP contribution in [0.1, 0.15) is 53.4 Å². The van der Waals surface area contributed by atoms with Crippen molar-refractivity contribution in [2.45, 2.75) is 64.6 Å². The Morgan fingerprint density at radius 1 is 0.773 bits per heavy atom. The third-order valence-corrected chi connectivity index (χ3v) is 4.45. The fraction of sp³-hybridized carbons (Fsp3) is 0.667. The lowest BCUT2D eigenvalue weighted by molar-refractivity contribution is -0.0132. The van der Waals surface area contributed by atoms with Crippen molar-refractivity contribution in [3.63, 3.8) is 0 Å². The summed E-state index contributed by atoms with van der Waals surface area (Å²) in [6.07, 6.45) is 2.61. The molecule has 0 spiro atoms. The fourth-order valence-electron chi connectivity index (χ4n) is 2.00. The molecule has 0 heterocycles. The zero-order chi connectivity index (χ0) is 16.6. The topological polar surface area (TPSA) is 58.9 Å². The summed E-state index contributed by atoms with van der Waals surface area (Å²) in [5, 5.41) is 20.5.